The molecule has 1 aromatic carbocycles. The van der Waals surface area contributed by atoms with Crippen molar-refractivity contribution in [3.63, 3.8) is 0 Å². The van der Waals surface area contributed by atoms with Crippen molar-refractivity contribution in [3.05, 3.63) is 46.6 Å². The van der Waals surface area contributed by atoms with Crippen LogP contribution >= 0.6 is 0 Å². The average molecular weight is 288 g/mol. The van der Waals surface area contributed by atoms with Crippen LogP contribution in [-0.4, -0.2) is 21.2 Å². The molecule has 112 valence electrons. The van der Waals surface area contributed by atoms with Crippen LogP contribution in [0.5, 0.6) is 0 Å². The summed E-state index contributed by atoms with van der Waals surface area (Å²) < 4.78 is 5.20. The summed E-state index contributed by atoms with van der Waals surface area (Å²) in [6.07, 6.45) is 2.85. The zero-order valence-electron chi connectivity index (χ0n) is 12.4. The number of carboxylic acid groups (broad SMARTS) is 1. The van der Waals surface area contributed by atoms with Gasteiger partial charge in [0.25, 0.3) is 0 Å². The van der Waals surface area contributed by atoms with Gasteiger partial charge in [0.1, 0.15) is 0 Å². The Morgan fingerprint density at radius 3 is 2.57 bits per heavy atom. The van der Waals surface area contributed by atoms with Crippen LogP contribution < -0.4 is 0 Å². The molecule has 0 aliphatic heterocycles. The molecule has 1 heterocycles. The molecule has 0 bridgehead atoms. The summed E-state index contributed by atoms with van der Waals surface area (Å²) in [5.41, 5.74) is 3.62. The van der Waals surface area contributed by atoms with E-state index in [1.165, 1.54) is 16.7 Å². The summed E-state index contributed by atoms with van der Waals surface area (Å²) in [7, 11) is 0. The molecule has 0 atom stereocenters. The molecule has 0 aliphatic rings. The van der Waals surface area contributed by atoms with Gasteiger partial charge in [-0.3, -0.25) is 4.79 Å². The molecule has 0 saturated heterocycles. The molecule has 1 aromatic heterocycles. The fraction of sp³-hybridized carbons (Fsp3) is 0.438. The van der Waals surface area contributed by atoms with E-state index in [0.717, 1.165) is 6.42 Å². The van der Waals surface area contributed by atoms with E-state index in [2.05, 4.69) is 42.2 Å². The van der Waals surface area contributed by atoms with E-state index in [1.54, 1.807) is 0 Å². The summed E-state index contributed by atoms with van der Waals surface area (Å²) in [6, 6.07) is 6.37. The van der Waals surface area contributed by atoms with Gasteiger partial charge in [0.15, 0.2) is 5.82 Å². The Morgan fingerprint density at radius 1 is 1.19 bits per heavy atom. The number of carbonyl (C=O) groups is 1. The third kappa shape index (κ3) is 5.02. The molecule has 2 aromatic rings. The summed E-state index contributed by atoms with van der Waals surface area (Å²) >= 11 is 0. The second-order valence-electron chi connectivity index (χ2n) is 5.38. The number of nitrogens with zero attached hydrogens (tertiary/aromatic N) is 2. The van der Waals surface area contributed by atoms with Gasteiger partial charge in [0.05, 0.1) is 0 Å². The maximum Gasteiger partial charge on any atom is 0.303 e. The molecular formula is C16H20N2O3. The minimum absolute atomic E-state index is 0.184. The maximum absolute atomic E-state index is 10.4. The van der Waals surface area contributed by atoms with E-state index in [4.69, 9.17) is 9.63 Å². The Hall–Kier alpha value is -2.17. The van der Waals surface area contributed by atoms with Crippen molar-refractivity contribution in [2.24, 2.45) is 0 Å². The van der Waals surface area contributed by atoms with E-state index >= 15 is 0 Å². The van der Waals surface area contributed by atoms with Gasteiger partial charge >= 0.3 is 5.97 Å². The highest BCUT2D eigenvalue weighted by Crippen LogP contribution is 2.13. The van der Waals surface area contributed by atoms with Crippen molar-refractivity contribution in [3.8, 4) is 0 Å². The Kier molecular flexibility index (Phi) is 5.09. The number of carboxylic acids is 1. The number of hydrogen-bond acceptors (Lipinski definition) is 4. The van der Waals surface area contributed by atoms with E-state index in [0.29, 0.717) is 31.0 Å². The molecule has 5 nitrogen and oxygen atoms in total. The normalized spacial score (nSPS) is 10.8. The number of benzene rings is 1. The Balaban J connectivity index is 1.89. The molecule has 0 spiro atoms. The number of unbranched alkanes of at least 4 members (excludes halogenated alkanes) is 1. The number of rotatable bonds is 7. The highest BCUT2D eigenvalue weighted by molar-refractivity contribution is 5.66. The monoisotopic (exact) mass is 288 g/mol. The van der Waals surface area contributed by atoms with Gasteiger partial charge in [-0.05, 0) is 32.3 Å². The Labute approximate surface area is 124 Å². The van der Waals surface area contributed by atoms with Crippen LogP contribution in [0.25, 0.3) is 0 Å². The van der Waals surface area contributed by atoms with Crippen molar-refractivity contribution in [2.45, 2.75) is 46.0 Å². The summed E-state index contributed by atoms with van der Waals surface area (Å²) in [6.45, 7) is 4.14. The molecule has 0 aliphatic carbocycles. The minimum Gasteiger partial charge on any atom is -0.481 e. The van der Waals surface area contributed by atoms with E-state index in [9.17, 15) is 4.79 Å². The van der Waals surface area contributed by atoms with Crippen LogP contribution in [0, 0.1) is 13.8 Å². The number of hydrogen-bond donors (Lipinski definition) is 1. The van der Waals surface area contributed by atoms with Gasteiger partial charge < -0.3 is 9.63 Å². The molecule has 2 rings (SSSR count). The van der Waals surface area contributed by atoms with Crippen LogP contribution in [-0.2, 0) is 17.6 Å². The zero-order valence-corrected chi connectivity index (χ0v) is 12.4. The largest absolute Gasteiger partial charge is 0.481 e. The molecule has 5 heteroatoms. The van der Waals surface area contributed by atoms with Crippen molar-refractivity contribution in [1.29, 1.82) is 0 Å². The van der Waals surface area contributed by atoms with Crippen LogP contribution in [0.3, 0.4) is 0 Å². The standard InChI is InChI=1S/C16H20N2O3/c1-11-7-12(2)9-13(8-11)10-14-17-15(21-18-14)5-3-4-6-16(19)20/h7-9H,3-6,10H2,1-2H3,(H,19,20). The summed E-state index contributed by atoms with van der Waals surface area (Å²) in [5.74, 6) is 0.490. The minimum atomic E-state index is -0.768. The first kappa shape index (κ1) is 15.2. The SMILES string of the molecule is Cc1cc(C)cc(Cc2noc(CCCCC(=O)O)n2)c1. The predicted molar refractivity (Wildman–Crippen MR) is 78.2 cm³/mol. The second kappa shape index (κ2) is 7.02. The van der Waals surface area contributed by atoms with Crippen LogP contribution in [0.2, 0.25) is 0 Å². The van der Waals surface area contributed by atoms with Gasteiger partial charge in [-0.2, -0.15) is 4.98 Å². The third-order valence-corrected chi connectivity index (χ3v) is 3.19. The summed E-state index contributed by atoms with van der Waals surface area (Å²) in [5, 5.41) is 12.6. The van der Waals surface area contributed by atoms with Crippen LogP contribution in [0.1, 0.15) is 47.7 Å². The number of aliphatic carboxylic acids is 1. The van der Waals surface area contributed by atoms with Gasteiger partial charge in [-0.25, -0.2) is 0 Å². The van der Waals surface area contributed by atoms with Crippen LogP contribution in [0.4, 0.5) is 0 Å². The fourth-order valence-corrected chi connectivity index (χ4v) is 2.37. The summed E-state index contributed by atoms with van der Waals surface area (Å²) in [4.78, 5) is 14.8. The highest BCUT2D eigenvalue weighted by atomic mass is 16.5. The lowest BCUT2D eigenvalue weighted by molar-refractivity contribution is -0.137. The molecule has 0 saturated carbocycles. The van der Waals surface area contributed by atoms with E-state index in [1.807, 2.05) is 0 Å². The van der Waals surface area contributed by atoms with E-state index < -0.39 is 5.97 Å². The van der Waals surface area contributed by atoms with Gasteiger partial charge in [-0.15, -0.1) is 0 Å². The molecule has 0 radical (unpaired) electrons. The van der Waals surface area contributed by atoms with Gasteiger partial charge in [0, 0.05) is 19.3 Å². The highest BCUT2D eigenvalue weighted by Gasteiger charge is 2.08. The van der Waals surface area contributed by atoms with E-state index in [-0.39, 0.29) is 6.42 Å². The molecule has 21 heavy (non-hydrogen) atoms. The molecule has 1 N–H and O–H groups in total. The molecule has 0 fully saturated rings. The van der Waals surface area contributed by atoms with Gasteiger partial charge in [0.2, 0.25) is 5.89 Å². The Bertz CT molecular complexity index is 599. The topological polar surface area (TPSA) is 76.2 Å². The lowest BCUT2D eigenvalue weighted by atomic mass is 10.1. The zero-order chi connectivity index (χ0) is 15.2. The first-order valence-electron chi connectivity index (χ1n) is 7.13. The second-order valence-corrected chi connectivity index (χ2v) is 5.38. The van der Waals surface area contributed by atoms with Crippen molar-refractivity contribution < 1.29 is 14.4 Å². The fourth-order valence-electron chi connectivity index (χ4n) is 2.37. The average Bonchev–Trinajstić information content (AvgIpc) is 2.81. The quantitative estimate of drug-likeness (QED) is 0.792. The molecule has 0 amide bonds. The number of aryl methyl sites for hydroxylation is 3. The van der Waals surface area contributed by atoms with Gasteiger partial charge in [-0.1, -0.05) is 34.5 Å². The molecular weight excluding hydrogens is 268 g/mol. The first-order chi connectivity index (χ1) is 10.0. The number of aromatic nitrogens is 2. The Morgan fingerprint density at radius 2 is 1.90 bits per heavy atom. The first-order valence-corrected chi connectivity index (χ1v) is 7.13. The smallest absolute Gasteiger partial charge is 0.303 e. The lowest BCUT2D eigenvalue weighted by Gasteiger charge is -2.01. The third-order valence-electron chi connectivity index (χ3n) is 3.19. The van der Waals surface area contributed by atoms with Crippen molar-refractivity contribution in [1.82, 2.24) is 10.1 Å². The van der Waals surface area contributed by atoms with Crippen molar-refractivity contribution in [2.75, 3.05) is 0 Å². The molecule has 0 unspecified atom stereocenters. The maximum atomic E-state index is 10.4. The lowest BCUT2D eigenvalue weighted by Crippen LogP contribution is -1.95. The van der Waals surface area contributed by atoms with Crippen molar-refractivity contribution >= 4 is 5.97 Å². The predicted octanol–water partition coefficient (Wildman–Crippen LogP) is 3.07. The van der Waals surface area contributed by atoms with Crippen LogP contribution in [0.15, 0.2) is 22.7 Å².